The van der Waals surface area contributed by atoms with Gasteiger partial charge in [-0.2, -0.15) is 0 Å². The summed E-state index contributed by atoms with van der Waals surface area (Å²) >= 11 is 3.37. The summed E-state index contributed by atoms with van der Waals surface area (Å²) in [6.07, 6.45) is 4.13. The molecule has 0 radical (unpaired) electrons. The van der Waals surface area contributed by atoms with Crippen LogP contribution < -0.4 is 0 Å². The van der Waals surface area contributed by atoms with Crippen LogP contribution in [0, 0.1) is 5.92 Å². The Bertz CT molecular complexity index is 519. The van der Waals surface area contributed by atoms with E-state index >= 15 is 0 Å². The quantitative estimate of drug-likeness (QED) is 0.746. The number of nitrogens with zero attached hydrogens (tertiary/aromatic N) is 1. The summed E-state index contributed by atoms with van der Waals surface area (Å²) in [5.41, 5.74) is 0.760. The van der Waals surface area contributed by atoms with Crippen molar-refractivity contribution in [3.63, 3.8) is 0 Å². The van der Waals surface area contributed by atoms with Crippen LogP contribution in [0.2, 0.25) is 0 Å². The lowest BCUT2D eigenvalue weighted by molar-refractivity contribution is -0.232. The second-order valence-corrected chi connectivity index (χ2v) is 6.74. The second-order valence-electron chi connectivity index (χ2n) is 5.82. The highest BCUT2D eigenvalue weighted by molar-refractivity contribution is 9.10. The van der Waals surface area contributed by atoms with Gasteiger partial charge in [0.2, 0.25) is 0 Å². The van der Waals surface area contributed by atoms with Crippen molar-refractivity contribution in [2.24, 2.45) is 5.92 Å². The molecule has 2 aliphatic rings. The van der Waals surface area contributed by atoms with Crippen LogP contribution in [0.25, 0.3) is 0 Å². The van der Waals surface area contributed by atoms with Crippen LogP contribution in [0.5, 0.6) is 0 Å². The molecular formula is C16H20BrNO4. The van der Waals surface area contributed by atoms with E-state index in [1.165, 1.54) is 0 Å². The van der Waals surface area contributed by atoms with Crippen LogP contribution in [-0.4, -0.2) is 36.6 Å². The molecule has 0 amide bonds. The molecule has 1 aliphatic carbocycles. The molecule has 1 spiro atoms. The van der Waals surface area contributed by atoms with Crippen LogP contribution in [0.1, 0.15) is 37.8 Å². The van der Waals surface area contributed by atoms with Crippen molar-refractivity contribution in [2.45, 2.75) is 37.9 Å². The summed E-state index contributed by atoms with van der Waals surface area (Å²) < 4.78 is 17.4. The second kappa shape index (κ2) is 6.64. The fourth-order valence-corrected chi connectivity index (χ4v) is 3.46. The molecule has 2 fully saturated rings. The first kappa shape index (κ1) is 15.9. The highest BCUT2D eigenvalue weighted by Gasteiger charge is 2.50. The van der Waals surface area contributed by atoms with E-state index in [0.29, 0.717) is 25.7 Å². The third-order valence-electron chi connectivity index (χ3n) is 4.26. The Hall–Kier alpha value is -0.980. The number of ether oxygens (including phenoxy) is 3. The van der Waals surface area contributed by atoms with E-state index in [9.17, 15) is 4.79 Å². The maximum Gasteiger partial charge on any atom is 0.315 e. The van der Waals surface area contributed by atoms with Crippen molar-refractivity contribution in [3.05, 3.63) is 28.5 Å². The molecule has 0 bridgehead atoms. The van der Waals surface area contributed by atoms with Crippen LogP contribution >= 0.6 is 15.9 Å². The molecule has 1 atom stereocenters. The predicted octanol–water partition coefficient (Wildman–Crippen LogP) is 3.03. The molecule has 1 aromatic heterocycles. The summed E-state index contributed by atoms with van der Waals surface area (Å²) in [7, 11) is 0. The number of esters is 1. The number of aromatic nitrogens is 1. The van der Waals surface area contributed by atoms with Gasteiger partial charge in [-0.15, -0.1) is 0 Å². The van der Waals surface area contributed by atoms with Gasteiger partial charge in [0.25, 0.3) is 0 Å². The van der Waals surface area contributed by atoms with E-state index in [-0.39, 0.29) is 17.7 Å². The molecule has 1 aromatic rings. The minimum atomic E-state index is -0.378. The highest BCUT2D eigenvalue weighted by atomic mass is 79.9. The van der Waals surface area contributed by atoms with Crippen molar-refractivity contribution in [2.75, 3.05) is 19.8 Å². The van der Waals surface area contributed by atoms with Gasteiger partial charge in [0.05, 0.1) is 31.4 Å². The van der Waals surface area contributed by atoms with E-state index in [1.807, 2.05) is 19.1 Å². The van der Waals surface area contributed by atoms with Gasteiger partial charge in [-0.1, -0.05) is 0 Å². The maximum atomic E-state index is 12.3. The fourth-order valence-electron chi connectivity index (χ4n) is 3.23. The molecule has 3 rings (SSSR count). The number of hydrogen-bond acceptors (Lipinski definition) is 5. The molecule has 0 N–H and O–H groups in total. The van der Waals surface area contributed by atoms with E-state index in [2.05, 4.69) is 20.9 Å². The SMILES string of the molecule is CCOC(=O)C(CC1CC2(C1)OCCO2)c1ccc(Br)cn1. The van der Waals surface area contributed by atoms with Gasteiger partial charge in [0.15, 0.2) is 5.79 Å². The van der Waals surface area contributed by atoms with Crippen molar-refractivity contribution in [3.8, 4) is 0 Å². The first-order valence-electron chi connectivity index (χ1n) is 7.68. The molecule has 22 heavy (non-hydrogen) atoms. The molecule has 1 saturated heterocycles. The number of rotatable bonds is 5. The molecule has 2 heterocycles. The average molecular weight is 370 g/mol. The van der Waals surface area contributed by atoms with Crippen LogP contribution in [-0.2, 0) is 19.0 Å². The Labute approximate surface area is 138 Å². The van der Waals surface area contributed by atoms with Gasteiger partial charge in [0, 0.05) is 23.5 Å². The first-order chi connectivity index (χ1) is 10.6. The summed E-state index contributed by atoms with van der Waals surface area (Å²) in [5.74, 6) is -0.502. The Morgan fingerprint density at radius 3 is 2.77 bits per heavy atom. The highest BCUT2D eigenvalue weighted by Crippen LogP contribution is 2.47. The standard InChI is InChI=1S/C16H20BrNO4/c1-2-20-15(19)13(14-4-3-12(17)10-18-14)7-11-8-16(9-11)21-5-6-22-16/h3-4,10-11,13H,2,5-9H2,1H3. The zero-order chi connectivity index (χ0) is 15.6. The van der Waals surface area contributed by atoms with Crippen molar-refractivity contribution < 1.29 is 19.0 Å². The molecule has 120 valence electrons. The van der Waals surface area contributed by atoms with E-state index in [1.54, 1.807) is 6.20 Å². The number of hydrogen-bond donors (Lipinski definition) is 0. The van der Waals surface area contributed by atoms with Crippen LogP contribution in [0.3, 0.4) is 0 Å². The number of pyridine rings is 1. The summed E-state index contributed by atoms with van der Waals surface area (Å²) in [5, 5.41) is 0. The van der Waals surface area contributed by atoms with Crippen molar-refractivity contribution >= 4 is 21.9 Å². The normalized spacial score (nSPS) is 21.5. The molecular weight excluding hydrogens is 350 g/mol. The van der Waals surface area contributed by atoms with Gasteiger partial charge in [0.1, 0.15) is 0 Å². The lowest BCUT2D eigenvalue weighted by Crippen LogP contribution is -2.45. The largest absolute Gasteiger partial charge is 0.465 e. The average Bonchev–Trinajstić information content (AvgIpc) is 2.95. The topological polar surface area (TPSA) is 57.7 Å². The molecule has 1 saturated carbocycles. The third kappa shape index (κ3) is 3.34. The van der Waals surface area contributed by atoms with Gasteiger partial charge < -0.3 is 14.2 Å². The number of carbonyl (C=O) groups is 1. The Morgan fingerprint density at radius 1 is 1.45 bits per heavy atom. The number of halogens is 1. The summed E-state index contributed by atoms with van der Waals surface area (Å²) in [6.45, 7) is 3.54. The lowest BCUT2D eigenvalue weighted by Gasteiger charge is -2.43. The Morgan fingerprint density at radius 2 is 2.18 bits per heavy atom. The molecule has 1 unspecified atom stereocenters. The molecule has 5 nitrogen and oxygen atoms in total. The monoisotopic (exact) mass is 369 g/mol. The van der Waals surface area contributed by atoms with E-state index < -0.39 is 0 Å². The Balaban J connectivity index is 1.66. The van der Waals surface area contributed by atoms with E-state index in [4.69, 9.17) is 14.2 Å². The van der Waals surface area contributed by atoms with Gasteiger partial charge in [-0.25, -0.2) is 0 Å². The van der Waals surface area contributed by atoms with E-state index in [0.717, 1.165) is 29.4 Å². The van der Waals surface area contributed by atoms with Crippen LogP contribution in [0.15, 0.2) is 22.8 Å². The summed E-state index contributed by atoms with van der Waals surface area (Å²) in [4.78, 5) is 16.7. The Kier molecular flexibility index (Phi) is 4.80. The van der Waals surface area contributed by atoms with Crippen molar-refractivity contribution in [1.29, 1.82) is 0 Å². The summed E-state index contributed by atoms with van der Waals surface area (Å²) in [6, 6.07) is 3.78. The maximum absolute atomic E-state index is 12.3. The minimum absolute atomic E-state index is 0.202. The van der Waals surface area contributed by atoms with Gasteiger partial charge in [-0.3, -0.25) is 9.78 Å². The van der Waals surface area contributed by atoms with Gasteiger partial charge >= 0.3 is 5.97 Å². The molecule has 0 aromatic carbocycles. The van der Waals surface area contributed by atoms with Crippen LogP contribution in [0.4, 0.5) is 0 Å². The van der Waals surface area contributed by atoms with Crippen molar-refractivity contribution in [1.82, 2.24) is 4.98 Å². The lowest BCUT2D eigenvalue weighted by atomic mass is 9.73. The molecule has 6 heteroatoms. The zero-order valence-corrected chi connectivity index (χ0v) is 14.2. The smallest absolute Gasteiger partial charge is 0.315 e. The molecule has 1 aliphatic heterocycles. The fraction of sp³-hybridized carbons (Fsp3) is 0.625. The minimum Gasteiger partial charge on any atom is -0.465 e. The van der Waals surface area contributed by atoms with Gasteiger partial charge in [-0.05, 0) is 47.3 Å². The predicted molar refractivity (Wildman–Crippen MR) is 83.3 cm³/mol. The number of carbonyl (C=O) groups excluding carboxylic acids is 1. The first-order valence-corrected chi connectivity index (χ1v) is 8.47. The third-order valence-corrected chi connectivity index (χ3v) is 4.73. The zero-order valence-electron chi connectivity index (χ0n) is 12.6.